The Labute approximate surface area is 132 Å². The number of hydrogen-bond acceptors (Lipinski definition) is 4. The molecule has 0 N–H and O–H groups in total. The molecule has 1 heterocycles. The average molecular weight is 311 g/mol. The van der Waals surface area contributed by atoms with E-state index in [4.69, 9.17) is 0 Å². The van der Waals surface area contributed by atoms with Crippen molar-refractivity contribution in [3.05, 3.63) is 60.4 Å². The van der Waals surface area contributed by atoms with Crippen LogP contribution in [0.4, 0.5) is 5.69 Å². The van der Waals surface area contributed by atoms with E-state index in [0.717, 1.165) is 27.2 Å². The van der Waals surface area contributed by atoms with Crippen molar-refractivity contribution >= 4 is 27.5 Å². The second-order valence-corrected chi connectivity index (χ2v) is 6.67. The molecule has 1 unspecified atom stereocenters. The Kier molecular flexibility index (Phi) is 4.15. The summed E-state index contributed by atoms with van der Waals surface area (Å²) < 4.78 is 12.7. The van der Waals surface area contributed by atoms with Crippen LogP contribution in [0.1, 0.15) is 5.56 Å². The molecular weight excluding hydrogens is 294 g/mol. The van der Waals surface area contributed by atoms with Gasteiger partial charge in [0.05, 0.1) is 27.6 Å². The van der Waals surface area contributed by atoms with Crippen LogP contribution in [0, 0.1) is 0 Å². The Bertz CT molecular complexity index is 833. The maximum atomic E-state index is 12.7. The highest BCUT2D eigenvalue weighted by Gasteiger charge is 2.10. The van der Waals surface area contributed by atoms with E-state index in [9.17, 15) is 4.21 Å². The van der Waals surface area contributed by atoms with Gasteiger partial charge in [-0.3, -0.25) is 14.2 Å². The fourth-order valence-corrected chi connectivity index (χ4v) is 3.53. The molecule has 4 nitrogen and oxygen atoms in total. The van der Waals surface area contributed by atoms with Gasteiger partial charge in [0.15, 0.2) is 0 Å². The molecule has 0 bridgehead atoms. The third-order valence-corrected chi connectivity index (χ3v) is 4.82. The molecule has 0 saturated carbocycles. The van der Waals surface area contributed by atoms with E-state index < -0.39 is 10.8 Å². The molecule has 0 radical (unpaired) electrons. The van der Waals surface area contributed by atoms with Crippen LogP contribution in [-0.4, -0.2) is 28.3 Å². The topological polar surface area (TPSA) is 46.1 Å². The van der Waals surface area contributed by atoms with Gasteiger partial charge >= 0.3 is 0 Å². The van der Waals surface area contributed by atoms with Crippen molar-refractivity contribution in [2.75, 3.05) is 19.0 Å². The van der Waals surface area contributed by atoms with Crippen LogP contribution in [0.5, 0.6) is 0 Å². The lowest BCUT2D eigenvalue weighted by Gasteiger charge is -2.17. The van der Waals surface area contributed by atoms with E-state index in [1.807, 2.05) is 61.5 Å². The van der Waals surface area contributed by atoms with E-state index >= 15 is 0 Å². The largest absolute Gasteiger partial charge is 0.377 e. The lowest BCUT2D eigenvalue weighted by Crippen LogP contribution is -2.12. The molecule has 3 rings (SSSR count). The number of benzene rings is 2. The molecular formula is C17H17N3OS. The molecule has 0 saturated heterocycles. The van der Waals surface area contributed by atoms with Gasteiger partial charge in [-0.1, -0.05) is 18.2 Å². The minimum atomic E-state index is -1.11. The predicted octanol–water partition coefficient (Wildman–Crippen LogP) is 3.00. The quantitative estimate of drug-likeness (QED) is 0.743. The fraction of sp³-hybridized carbons (Fsp3) is 0.176. The third kappa shape index (κ3) is 2.99. The van der Waals surface area contributed by atoms with Gasteiger partial charge in [0.2, 0.25) is 0 Å². The summed E-state index contributed by atoms with van der Waals surface area (Å²) in [5.74, 6) is 0.486. The van der Waals surface area contributed by atoms with Crippen LogP contribution in [0.25, 0.3) is 11.0 Å². The Morgan fingerprint density at radius 1 is 1.00 bits per heavy atom. The number of hydrogen-bond donors (Lipinski definition) is 0. The average Bonchev–Trinajstić information content (AvgIpc) is 2.54. The van der Waals surface area contributed by atoms with Crippen molar-refractivity contribution in [3.63, 3.8) is 0 Å². The van der Waals surface area contributed by atoms with Gasteiger partial charge in [0.1, 0.15) is 0 Å². The second-order valence-electron chi connectivity index (χ2n) is 5.22. The van der Waals surface area contributed by atoms with Gasteiger partial charge in [-0.15, -0.1) is 0 Å². The molecule has 5 heteroatoms. The molecule has 0 fully saturated rings. The van der Waals surface area contributed by atoms with Gasteiger partial charge in [0, 0.05) is 37.1 Å². The first-order valence-corrected chi connectivity index (χ1v) is 8.31. The normalized spacial score (nSPS) is 12.3. The van der Waals surface area contributed by atoms with Gasteiger partial charge in [-0.2, -0.15) is 0 Å². The highest BCUT2D eigenvalue weighted by atomic mass is 32.2. The lowest BCUT2D eigenvalue weighted by atomic mass is 10.2. The zero-order valence-corrected chi connectivity index (χ0v) is 13.4. The molecule has 0 aliphatic heterocycles. The number of aromatic nitrogens is 2. The van der Waals surface area contributed by atoms with E-state index in [1.165, 1.54) is 0 Å². The van der Waals surface area contributed by atoms with Crippen molar-refractivity contribution in [3.8, 4) is 0 Å². The molecule has 3 aromatic rings. The Balaban J connectivity index is 1.90. The molecule has 22 heavy (non-hydrogen) atoms. The highest BCUT2D eigenvalue weighted by molar-refractivity contribution is 7.84. The van der Waals surface area contributed by atoms with Crippen LogP contribution in [0.3, 0.4) is 0 Å². The minimum Gasteiger partial charge on any atom is -0.377 e. The van der Waals surface area contributed by atoms with Crippen LogP contribution in [0.2, 0.25) is 0 Å². The summed E-state index contributed by atoms with van der Waals surface area (Å²) in [6.45, 7) is 0. The number of anilines is 1. The fourth-order valence-electron chi connectivity index (χ4n) is 2.38. The van der Waals surface area contributed by atoms with Crippen LogP contribution in [0.15, 0.2) is 59.8 Å². The molecule has 0 spiro atoms. The van der Waals surface area contributed by atoms with Crippen LogP contribution >= 0.6 is 0 Å². The van der Waals surface area contributed by atoms with Gasteiger partial charge in [-0.25, -0.2) is 0 Å². The van der Waals surface area contributed by atoms with E-state index in [2.05, 4.69) is 9.97 Å². The summed E-state index contributed by atoms with van der Waals surface area (Å²) in [6, 6.07) is 13.6. The first-order chi connectivity index (χ1) is 10.6. The van der Waals surface area contributed by atoms with Gasteiger partial charge in [0.25, 0.3) is 0 Å². The van der Waals surface area contributed by atoms with Crippen molar-refractivity contribution in [2.24, 2.45) is 0 Å². The summed E-state index contributed by atoms with van der Waals surface area (Å²) >= 11 is 0. The van der Waals surface area contributed by atoms with Crippen LogP contribution < -0.4 is 4.90 Å². The maximum absolute atomic E-state index is 12.7. The van der Waals surface area contributed by atoms with Crippen molar-refractivity contribution < 1.29 is 4.21 Å². The van der Waals surface area contributed by atoms with Gasteiger partial charge < -0.3 is 4.90 Å². The smallest absolute Gasteiger partial charge is 0.0898 e. The first kappa shape index (κ1) is 14.7. The first-order valence-electron chi connectivity index (χ1n) is 6.99. The molecule has 1 atom stereocenters. The Morgan fingerprint density at radius 2 is 1.73 bits per heavy atom. The Morgan fingerprint density at radius 3 is 2.50 bits per heavy atom. The SMILES string of the molecule is CN(C)c1ccccc1CS(=O)c1ccc2nccnc2c1. The summed E-state index contributed by atoms with van der Waals surface area (Å²) in [5.41, 5.74) is 3.76. The maximum Gasteiger partial charge on any atom is 0.0898 e. The molecule has 0 aliphatic carbocycles. The predicted molar refractivity (Wildman–Crippen MR) is 90.4 cm³/mol. The lowest BCUT2D eigenvalue weighted by molar-refractivity contribution is 0.682. The van der Waals surface area contributed by atoms with Crippen molar-refractivity contribution in [1.82, 2.24) is 9.97 Å². The molecule has 0 aliphatic rings. The van der Waals surface area contributed by atoms with E-state index in [-0.39, 0.29) is 0 Å². The van der Waals surface area contributed by atoms with Gasteiger partial charge in [-0.05, 0) is 29.8 Å². The zero-order chi connectivity index (χ0) is 15.5. The summed E-state index contributed by atoms with van der Waals surface area (Å²) in [5, 5.41) is 0. The molecule has 0 amide bonds. The molecule has 112 valence electrons. The standard InChI is InChI=1S/C17H17N3OS/c1-20(2)17-6-4-3-5-13(17)12-22(21)14-7-8-15-16(11-14)19-10-9-18-15/h3-11H,12H2,1-2H3. The second kappa shape index (κ2) is 6.23. The minimum absolute atomic E-state index is 0.486. The Hall–Kier alpha value is -2.27. The third-order valence-electron chi connectivity index (χ3n) is 3.46. The zero-order valence-electron chi connectivity index (χ0n) is 12.6. The number of rotatable bonds is 4. The number of para-hydroxylation sites is 1. The van der Waals surface area contributed by atoms with Crippen molar-refractivity contribution in [2.45, 2.75) is 10.6 Å². The number of nitrogens with zero attached hydrogens (tertiary/aromatic N) is 3. The summed E-state index contributed by atoms with van der Waals surface area (Å²) in [4.78, 5) is 11.3. The monoisotopic (exact) mass is 311 g/mol. The molecule has 1 aromatic heterocycles. The number of fused-ring (bicyclic) bond motifs is 1. The summed E-state index contributed by atoms with van der Waals surface area (Å²) in [6.07, 6.45) is 3.31. The van der Waals surface area contributed by atoms with E-state index in [0.29, 0.717) is 5.75 Å². The summed E-state index contributed by atoms with van der Waals surface area (Å²) in [7, 11) is 2.88. The van der Waals surface area contributed by atoms with Crippen LogP contribution in [-0.2, 0) is 16.6 Å². The highest BCUT2D eigenvalue weighted by Crippen LogP contribution is 2.23. The van der Waals surface area contributed by atoms with Crippen molar-refractivity contribution in [1.29, 1.82) is 0 Å². The van der Waals surface area contributed by atoms with E-state index in [1.54, 1.807) is 12.4 Å². The molecule has 2 aromatic carbocycles.